The number of ether oxygens (including phenoxy) is 1. The Morgan fingerprint density at radius 3 is 3.00 bits per heavy atom. The van der Waals surface area contributed by atoms with Crippen LogP contribution < -0.4 is 5.32 Å². The third-order valence-electron chi connectivity index (χ3n) is 3.19. The molecule has 0 bridgehead atoms. The third kappa shape index (κ3) is 2.20. The van der Waals surface area contributed by atoms with E-state index < -0.39 is 0 Å². The van der Waals surface area contributed by atoms with E-state index in [0.717, 1.165) is 32.2 Å². The summed E-state index contributed by atoms with van der Waals surface area (Å²) in [5.41, 5.74) is 0.339. The average molecular weight is 171 g/mol. The molecule has 0 aromatic heterocycles. The van der Waals surface area contributed by atoms with E-state index in [4.69, 9.17) is 4.74 Å². The number of hydrogen-bond donors (Lipinski definition) is 1. The van der Waals surface area contributed by atoms with Crippen molar-refractivity contribution >= 4 is 0 Å². The zero-order valence-electron chi connectivity index (χ0n) is 8.52. The molecule has 12 heavy (non-hydrogen) atoms. The van der Waals surface area contributed by atoms with Crippen LogP contribution in [0.3, 0.4) is 0 Å². The second kappa shape index (κ2) is 4.24. The number of nitrogens with one attached hydrogen (secondary N) is 1. The van der Waals surface area contributed by atoms with E-state index >= 15 is 0 Å². The molecule has 1 N–H and O–H groups in total. The Morgan fingerprint density at radius 1 is 1.58 bits per heavy atom. The highest BCUT2D eigenvalue weighted by Gasteiger charge is 2.31. The molecule has 0 amide bonds. The first kappa shape index (κ1) is 10.0. The highest BCUT2D eigenvalue weighted by atomic mass is 16.5. The van der Waals surface area contributed by atoms with Crippen LogP contribution in [0, 0.1) is 11.3 Å². The zero-order valence-corrected chi connectivity index (χ0v) is 8.52. The molecule has 0 spiro atoms. The normalized spacial score (nSPS) is 34.2. The zero-order chi connectivity index (χ0) is 9.03. The molecule has 0 aromatic rings. The van der Waals surface area contributed by atoms with E-state index in [2.05, 4.69) is 26.1 Å². The quantitative estimate of drug-likeness (QED) is 0.682. The molecule has 0 radical (unpaired) electrons. The van der Waals surface area contributed by atoms with Gasteiger partial charge in [-0.15, -0.1) is 0 Å². The predicted molar refractivity (Wildman–Crippen MR) is 51.3 cm³/mol. The molecular weight excluding hydrogens is 150 g/mol. The molecule has 72 valence electrons. The molecule has 0 aliphatic carbocycles. The Kier molecular flexibility index (Phi) is 3.53. The first-order chi connectivity index (χ1) is 5.69. The van der Waals surface area contributed by atoms with Gasteiger partial charge < -0.3 is 10.1 Å². The van der Waals surface area contributed by atoms with Crippen LogP contribution in [0.4, 0.5) is 0 Å². The first-order valence-electron chi connectivity index (χ1n) is 4.97. The Labute approximate surface area is 75.7 Å². The smallest absolute Gasteiger partial charge is 0.0591 e. The molecule has 0 aromatic carbocycles. The molecule has 1 aliphatic heterocycles. The lowest BCUT2D eigenvalue weighted by atomic mass is 9.77. The monoisotopic (exact) mass is 171 g/mol. The summed E-state index contributed by atoms with van der Waals surface area (Å²) in [4.78, 5) is 0. The van der Waals surface area contributed by atoms with Gasteiger partial charge in [-0.2, -0.15) is 0 Å². The number of rotatable bonds is 2. The predicted octanol–water partition coefficient (Wildman–Crippen LogP) is 1.66. The van der Waals surface area contributed by atoms with Crippen molar-refractivity contribution in [3.63, 3.8) is 0 Å². The van der Waals surface area contributed by atoms with Crippen molar-refractivity contribution in [3.05, 3.63) is 0 Å². The van der Waals surface area contributed by atoms with Gasteiger partial charge in [0.1, 0.15) is 0 Å². The van der Waals surface area contributed by atoms with Crippen molar-refractivity contribution in [1.29, 1.82) is 0 Å². The van der Waals surface area contributed by atoms with E-state index in [1.807, 2.05) is 0 Å². The Morgan fingerprint density at radius 2 is 2.33 bits per heavy atom. The summed E-state index contributed by atoms with van der Waals surface area (Å²) in [6.07, 6.45) is 1.24. The summed E-state index contributed by atoms with van der Waals surface area (Å²) >= 11 is 0. The Balaban J connectivity index is 2.53. The maximum absolute atomic E-state index is 5.57. The van der Waals surface area contributed by atoms with Crippen LogP contribution >= 0.6 is 0 Å². The molecule has 1 fully saturated rings. The lowest BCUT2D eigenvalue weighted by Crippen LogP contribution is -2.38. The van der Waals surface area contributed by atoms with Gasteiger partial charge in [0.15, 0.2) is 0 Å². The standard InChI is InChI=1S/C10H21NO/c1-4-9(2)10(3)7-11-5-6-12-8-10/h9,11H,4-8H2,1-3H3. The van der Waals surface area contributed by atoms with Gasteiger partial charge in [-0.1, -0.05) is 27.2 Å². The van der Waals surface area contributed by atoms with E-state index in [1.165, 1.54) is 6.42 Å². The van der Waals surface area contributed by atoms with Gasteiger partial charge in [-0.05, 0) is 5.92 Å². The highest BCUT2D eigenvalue weighted by Crippen LogP contribution is 2.30. The second-order valence-corrected chi connectivity index (χ2v) is 4.19. The summed E-state index contributed by atoms with van der Waals surface area (Å²) in [6.45, 7) is 10.8. The maximum Gasteiger partial charge on any atom is 0.0591 e. The van der Waals surface area contributed by atoms with Crippen LogP contribution in [-0.2, 0) is 4.74 Å². The summed E-state index contributed by atoms with van der Waals surface area (Å²) in [7, 11) is 0. The fourth-order valence-electron chi connectivity index (χ4n) is 1.68. The van der Waals surface area contributed by atoms with Crippen LogP contribution in [0.5, 0.6) is 0 Å². The van der Waals surface area contributed by atoms with Gasteiger partial charge in [-0.3, -0.25) is 0 Å². The Bertz CT molecular complexity index is 128. The Hall–Kier alpha value is -0.0800. The van der Waals surface area contributed by atoms with Gasteiger partial charge in [-0.25, -0.2) is 0 Å². The highest BCUT2D eigenvalue weighted by molar-refractivity contribution is 4.83. The van der Waals surface area contributed by atoms with Crippen LogP contribution in [0.1, 0.15) is 27.2 Å². The molecule has 2 unspecified atom stereocenters. The molecule has 1 saturated heterocycles. The minimum absolute atomic E-state index is 0.339. The fourth-order valence-corrected chi connectivity index (χ4v) is 1.68. The van der Waals surface area contributed by atoms with Crippen LogP contribution in [0.2, 0.25) is 0 Å². The van der Waals surface area contributed by atoms with Crippen LogP contribution in [0.25, 0.3) is 0 Å². The van der Waals surface area contributed by atoms with Gasteiger partial charge in [0.05, 0.1) is 13.2 Å². The van der Waals surface area contributed by atoms with Crippen molar-refractivity contribution in [3.8, 4) is 0 Å². The van der Waals surface area contributed by atoms with Gasteiger partial charge in [0.2, 0.25) is 0 Å². The second-order valence-electron chi connectivity index (χ2n) is 4.19. The minimum atomic E-state index is 0.339. The van der Waals surface area contributed by atoms with Gasteiger partial charge >= 0.3 is 0 Å². The number of hydrogen-bond acceptors (Lipinski definition) is 2. The molecule has 2 heteroatoms. The summed E-state index contributed by atoms with van der Waals surface area (Å²) in [5.74, 6) is 0.739. The first-order valence-corrected chi connectivity index (χ1v) is 4.97. The third-order valence-corrected chi connectivity index (χ3v) is 3.19. The van der Waals surface area contributed by atoms with Crippen LogP contribution in [-0.4, -0.2) is 26.3 Å². The SMILES string of the molecule is CCC(C)C1(C)CNCCOC1. The molecule has 1 rings (SSSR count). The summed E-state index contributed by atoms with van der Waals surface area (Å²) in [5, 5.41) is 3.43. The van der Waals surface area contributed by atoms with Gasteiger partial charge in [0, 0.05) is 18.5 Å². The molecule has 2 nitrogen and oxygen atoms in total. The van der Waals surface area contributed by atoms with E-state index in [9.17, 15) is 0 Å². The minimum Gasteiger partial charge on any atom is -0.380 e. The molecular formula is C10H21NO. The maximum atomic E-state index is 5.57. The summed E-state index contributed by atoms with van der Waals surface area (Å²) < 4.78 is 5.57. The van der Waals surface area contributed by atoms with Crippen molar-refractivity contribution in [2.75, 3.05) is 26.3 Å². The average Bonchev–Trinajstić information content (AvgIpc) is 2.29. The van der Waals surface area contributed by atoms with Crippen molar-refractivity contribution < 1.29 is 4.74 Å². The van der Waals surface area contributed by atoms with E-state index in [-0.39, 0.29) is 0 Å². The summed E-state index contributed by atoms with van der Waals surface area (Å²) in [6, 6.07) is 0. The van der Waals surface area contributed by atoms with Crippen molar-refractivity contribution in [2.24, 2.45) is 11.3 Å². The topological polar surface area (TPSA) is 21.3 Å². The molecule has 2 atom stereocenters. The lowest BCUT2D eigenvalue weighted by Gasteiger charge is -2.33. The molecule has 1 heterocycles. The van der Waals surface area contributed by atoms with E-state index in [1.54, 1.807) is 0 Å². The fraction of sp³-hybridized carbons (Fsp3) is 1.00. The van der Waals surface area contributed by atoms with Gasteiger partial charge in [0.25, 0.3) is 0 Å². The molecule has 1 aliphatic rings. The van der Waals surface area contributed by atoms with Crippen molar-refractivity contribution in [1.82, 2.24) is 5.32 Å². The van der Waals surface area contributed by atoms with E-state index in [0.29, 0.717) is 5.41 Å². The molecule has 0 saturated carbocycles. The lowest BCUT2D eigenvalue weighted by molar-refractivity contribution is 0.0457. The largest absolute Gasteiger partial charge is 0.380 e. The van der Waals surface area contributed by atoms with Crippen molar-refractivity contribution in [2.45, 2.75) is 27.2 Å². The van der Waals surface area contributed by atoms with Crippen LogP contribution in [0.15, 0.2) is 0 Å².